The van der Waals surface area contributed by atoms with Gasteiger partial charge in [-0.05, 0) is 42.5 Å². The number of benzene rings is 1. The van der Waals surface area contributed by atoms with E-state index in [2.05, 4.69) is 13.8 Å². The molecule has 1 aliphatic rings. The minimum absolute atomic E-state index is 0.382. The maximum Gasteiger partial charge on any atom is 0.282 e. The van der Waals surface area contributed by atoms with Crippen molar-refractivity contribution in [2.45, 2.75) is 52.5 Å². The lowest BCUT2D eigenvalue weighted by atomic mass is 10.0. The minimum atomic E-state index is -3.45. The number of ether oxygens (including phenoxy) is 2. The number of unbranched alkanes of at least 4 members (excludes halogenated alkanes) is 2. The third kappa shape index (κ3) is 4.69. The highest BCUT2D eigenvalue weighted by Gasteiger charge is 2.32. The van der Waals surface area contributed by atoms with Crippen molar-refractivity contribution in [3.8, 4) is 11.5 Å². The number of fused-ring (bicyclic) bond motifs is 1. The summed E-state index contributed by atoms with van der Waals surface area (Å²) in [5.41, 5.74) is 2.12. The lowest BCUT2D eigenvalue weighted by Gasteiger charge is -2.33. The Morgan fingerprint density at radius 2 is 1.54 bits per heavy atom. The van der Waals surface area contributed by atoms with Crippen LogP contribution in [0.25, 0.3) is 0 Å². The molecule has 0 saturated carbocycles. The lowest BCUT2D eigenvalue weighted by Crippen LogP contribution is -2.46. The molecule has 1 aliphatic heterocycles. The van der Waals surface area contributed by atoms with Crippen LogP contribution in [0.1, 0.15) is 50.7 Å². The van der Waals surface area contributed by atoms with Crippen LogP contribution in [-0.4, -0.2) is 50.9 Å². The van der Waals surface area contributed by atoms with Gasteiger partial charge in [-0.25, -0.2) is 0 Å². The zero-order valence-electron chi connectivity index (χ0n) is 16.5. The summed E-state index contributed by atoms with van der Waals surface area (Å²) in [5.74, 6) is 1.33. The van der Waals surface area contributed by atoms with Crippen LogP contribution in [0.2, 0.25) is 0 Å². The Morgan fingerprint density at radius 1 is 1.00 bits per heavy atom. The van der Waals surface area contributed by atoms with E-state index < -0.39 is 10.2 Å². The predicted octanol–water partition coefficient (Wildman–Crippen LogP) is 3.21. The maximum atomic E-state index is 13.2. The molecule has 6 nitrogen and oxygen atoms in total. The standard InChI is InChI=1S/C19H32N2O4S/c1-5-7-10-20(11-8-6-2)26(22,23)21-12-9-16-13-18(24-3)19(25-4)14-17(16)15-21/h13-14H,5-12,15H2,1-4H3. The molecule has 0 bridgehead atoms. The van der Waals surface area contributed by atoms with Crippen molar-refractivity contribution in [3.05, 3.63) is 23.3 Å². The molecule has 1 aromatic rings. The molecule has 0 atom stereocenters. The number of hydrogen-bond donors (Lipinski definition) is 0. The van der Waals surface area contributed by atoms with Gasteiger partial charge in [0.05, 0.1) is 14.2 Å². The zero-order valence-corrected chi connectivity index (χ0v) is 17.3. The fourth-order valence-electron chi connectivity index (χ4n) is 3.23. The number of nitrogens with zero attached hydrogens (tertiary/aromatic N) is 2. The molecule has 148 valence electrons. The Kier molecular flexibility index (Phi) is 7.73. The van der Waals surface area contributed by atoms with Gasteiger partial charge in [0.2, 0.25) is 0 Å². The summed E-state index contributed by atoms with van der Waals surface area (Å²) in [7, 11) is -0.242. The van der Waals surface area contributed by atoms with Crippen LogP contribution in [0, 0.1) is 0 Å². The number of rotatable bonds is 10. The molecule has 2 rings (SSSR count). The Hall–Kier alpha value is -1.31. The van der Waals surface area contributed by atoms with E-state index in [1.807, 2.05) is 12.1 Å². The molecule has 26 heavy (non-hydrogen) atoms. The Morgan fingerprint density at radius 3 is 2.04 bits per heavy atom. The molecule has 0 saturated heterocycles. The third-order valence-electron chi connectivity index (χ3n) is 4.86. The lowest BCUT2D eigenvalue weighted by molar-refractivity contribution is 0.315. The first-order valence-corrected chi connectivity index (χ1v) is 10.9. The highest BCUT2D eigenvalue weighted by Crippen LogP contribution is 2.34. The quantitative estimate of drug-likeness (QED) is 0.621. The maximum absolute atomic E-state index is 13.2. The van der Waals surface area contributed by atoms with Gasteiger partial charge in [-0.1, -0.05) is 26.7 Å². The molecular formula is C19H32N2O4S. The average Bonchev–Trinajstić information content (AvgIpc) is 2.66. The normalized spacial score (nSPS) is 15.1. The molecule has 1 aromatic carbocycles. The topological polar surface area (TPSA) is 59.1 Å². The molecule has 7 heteroatoms. The number of methoxy groups -OCH3 is 2. The van der Waals surface area contributed by atoms with Crippen molar-refractivity contribution in [1.82, 2.24) is 8.61 Å². The van der Waals surface area contributed by atoms with E-state index in [9.17, 15) is 8.42 Å². The summed E-state index contributed by atoms with van der Waals surface area (Å²) < 4.78 is 40.4. The largest absolute Gasteiger partial charge is 0.493 e. The van der Waals surface area contributed by atoms with Crippen LogP contribution in [0.5, 0.6) is 11.5 Å². The molecule has 0 fully saturated rings. The van der Waals surface area contributed by atoms with E-state index in [0.717, 1.165) is 36.8 Å². The number of hydrogen-bond acceptors (Lipinski definition) is 4. The van der Waals surface area contributed by atoms with Crippen molar-refractivity contribution in [2.75, 3.05) is 33.9 Å². The monoisotopic (exact) mass is 384 g/mol. The minimum Gasteiger partial charge on any atom is -0.493 e. The molecule has 0 amide bonds. The molecule has 1 heterocycles. The fraction of sp³-hybridized carbons (Fsp3) is 0.684. The summed E-state index contributed by atoms with van der Waals surface area (Å²) in [6.07, 6.45) is 4.43. The molecule has 0 N–H and O–H groups in total. The molecule has 0 spiro atoms. The van der Waals surface area contributed by atoms with Crippen molar-refractivity contribution in [1.29, 1.82) is 0 Å². The SMILES string of the molecule is CCCCN(CCCC)S(=O)(=O)N1CCc2cc(OC)c(OC)cc2C1. The van der Waals surface area contributed by atoms with Gasteiger partial charge in [0.25, 0.3) is 10.2 Å². The van der Waals surface area contributed by atoms with E-state index in [0.29, 0.717) is 44.1 Å². The van der Waals surface area contributed by atoms with E-state index in [-0.39, 0.29) is 0 Å². The fourth-order valence-corrected chi connectivity index (χ4v) is 4.90. The second-order valence-electron chi connectivity index (χ2n) is 6.67. The summed E-state index contributed by atoms with van der Waals surface area (Å²) in [5, 5.41) is 0. The Balaban J connectivity index is 2.23. The summed E-state index contributed by atoms with van der Waals surface area (Å²) in [4.78, 5) is 0. The van der Waals surface area contributed by atoms with E-state index in [1.165, 1.54) is 0 Å². The van der Waals surface area contributed by atoms with Crippen LogP contribution in [0.3, 0.4) is 0 Å². The third-order valence-corrected chi connectivity index (χ3v) is 6.84. The van der Waals surface area contributed by atoms with Gasteiger partial charge in [0, 0.05) is 26.2 Å². The molecule has 0 radical (unpaired) electrons. The first-order valence-electron chi connectivity index (χ1n) is 9.46. The summed E-state index contributed by atoms with van der Waals surface area (Å²) >= 11 is 0. The second kappa shape index (κ2) is 9.58. The van der Waals surface area contributed by atoms with Crippen LogP contribution >= 0.6 is 0 Å². The van der Waals surface area contributed by atoms with Gasteiger partial charge in [-0.15, -0.1) is 0 Å². The predicted molar refractivity (Wildman–Crippen MR) is 104 cm³/mol. The highest BCUT2D eigenvalue weighted by atomic mass is 32.2. The van der Waals surface area contributed by atoms with Gasteiger partial charge < -0.3 is 9.47 Å². The van der Waals surface area contributed by atoms with Crippen molar-refractivity contribution < 1.29 is 17.9 Å². The van der Waals surface area contributed by atoms with Crippen molar-refractivity contribution in [2.24, 2.45) is 0 Å². The molecule has 0 aromatic heterocycles. The van der Waals surface area contributed by atoms with Gasteiger partial charge in [0.1, 0.15) is 0 Å². The van der Waals surface area contributed by atoms with Gasteiger partial charge in [0.15, 0.2) is 11.5 Å². The van der Waals surface area contributed by atoms with E-state index in [4.69, 9.17) is 9.47 Å². The van der Waals surface area contributed by atoms with E-state index in [1.54, 1.807) is 22.8 Å². The van der Waals surface area contributed by atoms with Gasteiger partial charge in [-0.3, -0.25) is 0 Å². The molecular weight excluding hydrogens is 352 g/mol. The molecule has 0 unspecified atom stereocenters. The Bertz CT molecular complexity index is 683. The van der Waals surface area contributed by atoms with Crippen LogP contribution in [0.4, 0.5) is 0 Å². The summed E-state index contributed by atoms with van der Waals surface area (Å²) in [6.45, 7) is 6.23. The van der Waals surface area contributed by atoms with Crippen molar-refractivity contribution >= 4 is 10.2 Å². The Labute approximate surface area is 158 Å². The first-order chi connectivity index (χ1) is 12.5. The molecule has 0 aliphatic carbocycles. The zero-order chi connectivity index (χ0) is 19.2. The van der Waals surface area contributed by atoms with E-state index >= 15 is 0 Å². The second-order valence-corrected chi connectivity index (χ2v) is 8.60. The van der Waals surface area contributed by atoms with Crippen LogP contribution in [-0.2, 0) is 23.2 Å². The highest BCUT2D eigenvalue weighted by molar-refractivity contribution is 7.86. The first kappa shape index (κ1) is 21.0. The summed E-state index contributed by atoms with van der Waals surface area (Å²) in [6, 6.07) is 3.86. The van der Waals surface area contributed by atoms with Crippen molar-refractivity contribution in [3.63, 3.8) is 0 Å². The smallest absolute Gasteiger partial charge is 0.282 e. The van der Waals surface area contributed by atoms with Crippen LogP contribution in [0.15, 0.2) is 12.1 Å². The van der Waals surface area contributed by atoms with Gasteiger partial charge in [-0.2, -0.15) is 17.0 Å². The average molecular weight is 385 g/mol. The van der Waals surface area contributed by atoms with Gasteiger partial charge >= 0.3 is 0 Å². The van der Waals surface area contributed by atoms with Crippen LogP contribution < -0.4 is 9.47 Å².